The standard InChI is InChI=1S/C11H15N3O3/c1-8-4-5-12-11(10(8)14(15)16)13-7-9-3-2-6-17-9/h4-5,9H,2-3,6-7H2,1H3,(H,12,13)/t9-/m0/s1. The van der Waals surface area contributed by atoms with Gasteiger partial charge in [-0.15, -0.1) is 0 Å². The quantitative estimate of drug-likeness (QED) is 0.639. The number of pyridine rings is 1. The molecule has 1 aromatic heterocycles. The molecule has 0 aromatic carbocycles. The van der Waals surface area contributed by atoms with Crippen LogP contribution >= 0.6 is 0 Å². The number of nitrogens with one attached hydrogen (secondary N) is 1. The number of aromatic nitrogens is 1. The van der Waals surface area contributed by atoms with Gasteiger partial charge in [0.25, 0.3) is 0 Å². The monoisotopic (exact) mass is 237 g/mol. The van der Waals surface area contributed by atoms with Gasteiger partial charge in [0.15, 0.2) is 0 Å². The Labute approximate surface area is 99.2 Å². The minimum atomic E-state index is -0.403. The van der Waals surface area contributed by atoms with E-state index in [0.29, 0.717) is 17.9 Å². The predicted octanol–water partition coefficient (Wildman–Crippen LogP) is 1.89. The summed E-state index contributed by atoms with van der Waals surface area (Å²) < 4.78 is 5.45. The summed E-state index contributed by atoms with van der Waals surface area (Å²) in [6.07, 6.45) is 3.75. The van der Waals surface area contributed by atoms with Gasteiger partial charge < -0.3 is 10.1 Å². The van der Waals surface area contributed by atoms with Gasteiger partial charge in [0.05, 0.1) is 11.0 Å². The second-order valence-electron chi connectivity index (χ2n) is 4.10. The van der Waals surface area contributed by atoms with E-state index in [1.165, 1.54) is 0 Å². The fraction of sp³-hybridized carbons (Fsp3) is 0.545. The molecule has 1 atom stereocenters. The number of hydrogen-bond acceptors (Lipinski definition) is 5. The molecule has 0 amide bonds. The lowest BCUT2D eigenvalue weighted by atomic mass is 10.2. The Bertz CT molecular complexity index is 416. The molecule has 92 valence electrons. The third-order valence-corrected chi connectivity index (χ3v) is 2.83. The molecule has 2 heterocycles. The zero-order valence-corrected chi connectivity index (χ0v) is 9.68. The smallest absolute Gasteiger partial charge is 0.314 e. The summed E-state index contributed by atoms with van der Waals surface area (Å²) in [4.78, 5) is 14.5. The molecule has 0 spiro atoms. The van der Waals surface area contributed by atoms with Gasteiger partial charge in [0.2, 0.25) is 5.82 Å². The molecular formula is C11H15N3O3. The summed E-state index contributed by atoms with van der Waals surface area (Å²) in [6, 6.07) is 1.63. The summed E-state index contributed by atoms with van der Waals surface area (Å²) in [5.41, 5.74) is 0.658. The van der Waals surface area contributed by atoms with E-state index in [0.717, 1.165) is 19.4 Å². The number of rotatable bonds is 4. The van der Waals surface area contributed by atoms with Crippen LogP contribution in [0.4, 0.5) is 11.5 Å². The first-order chi connectivity index (χ1) is 8.18. The molecule has 2 rings (SSSR count). The van der Waals surface area contributed by atoms with Crippen molar-refractivity contribution in [1.29, 1.82) is 0 Å². The van der Waals surface area contributed by atoms with E-state index in [1.54, 1.807) is 19.2 Å². The molecular weight excluding hydrogens is 222 g/mol. The molecule has 17 heavy (non-hydrogen) atoms. The van der Waals surface area contributed by atoms with E-state index in [1.807, 2.05) is 0 Å². The first-order valence-electron chi connectivity index (χ1n) is 5.64. The highest BCUT2D eigenvalue weighted by atomic mass is 16.6. The normalized spacial score (nSPS) is 19.2. The number of ether oxygens (including phenoxy) is 1. The molecule has 6 heteroatoms. The van der Waals surface area contributed by atoms with Crippen molar-refractivity contribution >= 4 is 11.5 Å². The van der Waals surface area contributed by atoms with Crippen LogP contribution in [-0.2, 0) is 4.74 Å². The van der Waals surface area contributed by atoms with Crippen LogP contribution in [0.15, 0.2) is 12.3 Å². The molecule has 6 nitrogen and oxygen atoms in total. The summed E-state index contributed by atoms with van der Waals surface area (Å²) in [5, 5.41) is 13.9. The average molecular weight is 237 g/mol. The number of hydrogen-bond donors (Lipinski definition) is 1. The maximum Gasteiger partial charge on any atom is 0.314 e. The van der Waals surface area contributed by atoms with Crippen molar-refractivity contribution in [2.75, 3.05) is 18.5 Å². The average Bonchev–Trinajstić information content (AvgIpc) is 2.78. The van der Waals surface area contributed by atoms with E-state index < -0.39 is 4.92 Å². The third-order valence-electron chi connectivity index (χ3n) is 2.83. The molecule has 1 fully saturated rings. The van der Waals surface area contributed by atoms with Crippen LogP contribution in [0.1, 0.15) is 18.4 Å². The molecule has 1 N–H and O–H groups in total. The van der Waals surface area contributed by atoms with Crippen molar-refractivity contribution in [2.24, 2.45) is 0 Å². The van der Waals surface area contributed by atoms with Crippen molar-refractivity contribution < 1.29 is 9.66 Å². The van der Waals surface area contributed by atoms with E-state index in [9.17, 15) is 10.1 Å². The lowest BCUT2D eigenvalue weighted by Gasteiger charge is -2.11. The fourth-order valence-electron chi connectivity index (χ4n) is 1.93. The SMILES string of the molecule is Cc1ccnc(NC[C@@H]2CCCO2)c1[N+](=O)[O-]. The number of anilines is 1. The first-order valence-corrected chi connectivity index (χ1v) is 5.64. The summed E-state index contributed by atoms with van der Waals surface area (Å²) >= 11 is 0. The van der Waals surface area contributed by atoms with Crippen LogP contribution in [0, 0.1) is 17.0 Å². The van der Waals surface area contributed by atoms with Gasteiger partial charge in [-0.25, -0.2) is 4.98 Å². The van der Waals surface area contributed by atoms with Crippen molar-refractivity contribution in [1.82, 2.24) is 4.98 Å². The second-order valence-corrected chi connectivity index (χ2v) is 4.10. The Morgan fingerprint density at radius 1 is 1.71 bits per heavy atom. The Morgan fingerprint density at radius 2 is 2.53 bits per heavy atom. The predicted molar refractivity (Wildman–Crippen MR) is 63.1 cm³/mol. The molecule has 1 aliphatic rings. The summed E-state index contributed by atoms with van der Waals surface area (Å²) in [7, 11) is 0. The van der Waals surface area contributed by atoms with Gasteiger partial charge in [0.1, 0.15) is 0 Å². The second kappa shape index (κ2) is 5.09. The Balaban J connectivity index is 2.09. The van der Waals surface area contributed by atoms with Gasteiger partial charge in [0, 0.05) is 24.9 Å². The molecule has 1 aromatic rings. The molecule has 0 radical (unpaired) electrons. The van der Waals surface area contributed by atoms with Gasteiger partial charge in [-0.3, -0.25) is 10.1 Å². The highest BCUT2D eigenvalue weighted by Gasteiger charge is 2.20. The molecule has 0 aliphatic carbocycles. The fourth-order valence-corrected chi connectivity index (χ4v) is 1.93. The number of aryl methyl sites for hydroxylation is 1. The third kappa shape index (κ3) is 2.71. The maximum absolute atomic E-state index is 10.9. The number of nitrogens with zero attached hydrogens (tertiary/aromatic N) is 2. The van der Waals surface area contributed by atoms with Crippen LogP contribution in [0.5, 0.6) is 0 Å². The molecule has 1 aliphatic heterocycles. The van der Waals surface area contributed by atoms with Crippen molar-refractivity contribution in [2.45, 2.75) is 25.9 Å². The Kier molecular flexibility index (Phi) is 3.53. The van der Waals surface area contributed by atoms with Gasteiger partial charge >= 0.3 is 5.69 Å². The largest absolute Gasteiger partial charge is 0.376 e. The molecule has 1 saturated heterocycles. The number of nitro groups is 1. The summed E-state index contributed by atoms with van der Waals surface area (Å²) in [6.45, 7) is 3.05. The topological polar surface area (TPSA) is 77.3 Å². The van der Waals surface area contributed by atoms with Crippen LogP contribution in [-0.4, -0.2) is 29.2 Å². The molecule has 0 saturated carbocycles. The minimum absolute atomic E-state index is 0.0468. The summed E-state index contributed by atoms with van der Waals surface area (Å²) in [5.74, 6) is 0.325. The van der Waals surface area contributed by atoms with Gasteiger partial charge in [-0.1, -0.05) is 0 Å². The highest BCUT2D eigenvalue weighted by molar-refractivity contribution is 5.59. The molecule has 0 unspecified atom stereocenters. The van der Waals surface area contributed by atoms with E-state index in [-0.39, 0.29) is 11.8 Å². The zero-order valence-electron chi connectivity index (χ0n) is 9.68. The Hall–Kier alpha value is -1.69. The molecule has 0 bridgehead atoms. The van der Waals surface area contributed by atoms with Crippen molar-refractivity contribution in [3.63, 3.8) is 0 Å². The minimum Gasteiger partial charge on any atom is -0.376 e. The zero-order chi connectivity index (χ0) is 12.3. The van der Waals surface area contributed by atoms with Crippen LogP contribution in [0.2, 0.25) is 0 Å². The van der Waals surface area contributed by atoms with Crippen molar-refractivity contribution in [3.05, 3.63) is 27.9 Å². The van der Waals surface area contributed by atoms with Crippen molar-refractivity contribution in [3.8, 4) is 0 Å². The van der Waals surface area contributed by atoms with E-state index >= 15 is 0 Å². The van der Waals surface area contributed by atoms with Gasteiger partial charge in [-0.2, -0.15) is 0 Å². The highest BCUT2D eigenvalue weighted by Crippen LogP contribution is 2.25. The van der Waals surface area contributed by atoms with Crippen LogP contribution < -0.4 is 5.32 Å². The lowest BCUT2D eigenvalue weighted by Crippen LogP contribution is -2.19. The van der Waals surface area contributed by atoms with E-state index in [4.69, 9.17) is 4.74 Å². The van der Waals surface area contributed by atoms with E-state index in [2.05, 4.69) is 10.3 Å². The lowest BCUT2D eigenvalue weighted by molar-refractivity contribution is -0.384. The van der Waals surface area contributed by atoms with Crippen LogP contribution in [0.25, 0.3) is 0 Å². The van der Waals surface area contributed by atoms with Gasteiger partial charge in [-0.05, 0) is 25.8 Å². The van der Waals surface area contributed by atoms with Crippen LogP contribution in [0.3, 0.4) is 0 Å². The Morgan fingerprint density at radius 3 is 3.18 bits per heavy atom. The first kappa shape index (κ1) is 11.8. The maximum atomic E-state index is 10.9.